The highest BCUT2D eigenvalue weighted by Crippen LogP contribution is 2.16. The molecule has 0 unspecified atom stereocenters. The summed E-state index contributed by atoms with van der Waals surface area (Å²) in [5.41, 5.74) is 0.392. The number of nitrogens with one attached hydrogen (secondary N) is 1. The first-order valence-electron chi connectivity index (χ1n) is 5.08. The smallest absolute Gasteiger partial charge is 0.228 e. The number of benzene rings is 1. The standard InChI is InChI=1S/C12H14ClNO2/c1-8(2)14-12(16)7-11(15)9-5-3-4-6-10(9)13/h3-6,8H,7H2,1-2H3,(H,14,16). The molecular weight excluding hydrogens is 226 g/mol. The molecule has 0 fully saturated rings. The van der Waals surface area contributed by atoms with Crippen molar-refractivity contribution in [2.24, 2.45) is 0 Å². The van der Waals surface area contributed by atoms with E-state index < -0.39 is 0 Å². The number of carbonyl (C=O) groups is 2. The molecule has 0 heterocycles. The molecule has 0 bridgehead atoms. The highest BCUT2D eigenvalue weighted by Gasteiger charge is 2.14. The molecule has 16 heavy (non-hydrogen) atoms. The van der Waals surface area contributed by atoms with Gasteiger partial charge in [0.05, 0.1) is 11.4 Å². The Balaban J connectivity index is 2.66. The van der Waals surface area contributed by atoms with Crippen LogP contribution in [0.5, 0.6) is 0 Å². The summed E-state index contributed by atoms with van der Waals surface area (Å²) in [6.45, 7) is 3.69. The first-order valence-corrected chi connectivity index (χ1v) is 5.45. The minimum absolute atomic E-state index is 0.0338. The van der Waals surface area contributed by atoms with Gasteiger partial charge in [0.15, 0.2) is 5.78 Å². The lowest BCUT2D eigenvalue weighted by atomic mass is 10.1. The Kier molecular flexibility index (Phi) is 4.50. The predicted molar refractivity (Wildman–Crippen MR) is 63.7 cm³/mol. The lowest BCUT2D eigenvalue weighted by Crippen LogP contribution is -2.31. The molecular formula is C12H14ClNO2. The van der Waals surface area contributed by atoms with Crippen LogP contribution in [0.4, 0.5) is 0 Å². The zero-order chi connectivity index (χ0) is 12.1. The lowest BCUT2D eigenvalue weighted by Gasteiger charge is -2.08. The second-order valence-electron chi connectivity index (χ2n) is 3.80. The molecule has 0 spiro atoms. The van der Waals surface area contributed by atoms with Crippen molar-refractivity contribution in [3.8, 4) is 0 Å². The maximum absolute atomic E-state index is 11.7. The summed E-state index contributed by atoms with van der Waals surface area (Å²) in [5.74, 6) is -0.538. The Morgan fingerprint density at radius 1 is 1.31 bits per heavy atom. The Bertz CT molecular complexity index is 402. The first kappa shape index (κ1) is 12.7. The van der Waals surface area contributed by atoms with Crippen LogP contribution in [-0.4, -0.2) is 17.7 Å². The summed E-state index contributed by atoms with van der Waals surface area (Å²) in [6, 6.07) is 6.75. The fourth-order valence-electron chi connectivity index (χ4n) is 1.30. The molecule has 3 nitrogen and oxygen atoms in total. The summed E-state index contributed by atoms with van der Waals surface area (Å²) >= 11 is 5.86. The normalized spacial score (nSPS) is 10.2. The molecule has 0 aromatic heterocycles. The van der Waals surface area contributed by atoms with Gasteiger partial charge in [0.25, 0.3) is 0 Å². The number of halogens is 1. The van der Waals surface area contributed by atoms with Crippen LogP contribution in [0.15, 0.2) is 24.3 Å². The van der Waals surface area contributed by atoms with Crippen LogP contribution in [0.1, 0.15) is 30.6 Å². The van der Waals surface area contributed by atoms with Gasteiger partial charge in [-0.1, -0.05) is 23.7 Å². The van der Waals surface area contributed by atoms with E-state index in [9.17, 15) is 9.59 Å². The van der Waals surface area contributed by atoms with Crippen LogP contribution in [0, 0.1) is 0 Å². The largest absolute Gasteiger partial charge is 0.354 e. The Hall–Kier alpha value is -1.35. The van der Waals surface area contributed by atoms with Gasteiger partial charge in [-0.15, -0.1) is 0 Å². The van der Waals surface area contributed by atoms with Crippen LogP contribution in [0.2, 0.25) is 5.02 Å². The highest BCUT2D eigenvalue weighted by molar-refractivity contribution is 6.34. The third-order valence-corrected chi connectivity index (χ3v) is 2.27. The molecule has 1 amide bonds. The van der Waals surface area contributed by atoms with Gasteiger partial charge in [0, 0.05) is 11.6 Å². The van der Waals surface area contributed by atoms with Gasteiger partial charge in [0.2, 0.25) is 5.91 Å². The number of ketones is 1. The minimum atomic E-state index is -0.278. The van der Waals surface area contributed by atoms with E-state index in [0.29, 0.717) is 10.6 Å². The lowest BCUT2D eigenvalue weighted by molar-refractivity contribution is -0.120. The van der Waals surface area contributed by atoms with E-state index in [1.807, 2.05) is 13.8 Å². The van der Waals surface area contributed by atoms with E-state index >= 15 is 0 Å². The Morgan fingerprint density at radius 3 is 2.50 bits per heavy atom. The van der Waals surface area contributed by atoms with E-state index in [0.717, 1.165) is 0 Å². The van der Waals surface area contributed by atoms with Crippen molar-refractivity contribution in [2.75, 3.05) is 0 Å². The van der Waals surface area contributed by atoms with Crippen LogP contribution in [0.25, 0.3) is 0 Å². The van der Waals surface area contributed by atoms with Crippen LogP contribution in [0.3, 0.4) is 0 Å². The van der Waals surface area contributed by atoms with Gasteiger partial charge in [0.1, 0.15) is 0 Å². The Labute approximate surface area is 99.8 Å². The van der Waals surface area contributed by atoms with Crippen LogP contribution in [-0.2, 0) is 4.79 Å². The maximum atomic E-state index is 11.7. The molecule has 1 N–H and O–H groups in total. The van der Waals surface area contributed by atoms with Crippen LogP contribution >= 0.6 is 11.6 Å². The first-order chi connectivity index (χ1) is 7.50. The summed E-state index contributed by atoms with van der Waals surface area (Å²) in [7, 11) is 0. The van der Waals surface area contributed by atoms with Gasteiger partial charge in [-0.25, -0.2) is 0 Å². The Morgan fingerprint density at radius 2 is 1.94 bits per heavy atom. The second kappa shape index (κ2) is 5.66. The summed E-state index contributed by atoms with van der Waals surface area (Å²) in [5, 5.41) is 3.04. The van der Waals surface area contributed by atoms with Crippen molar-refractivity contribution in [2.45, 2.75) is 26.3 Å². The highest BCUT2D eigenvalue weighted by atomic mass is 35.5. The molecule has 0 saturated heterocycles. The number of carbonyl (C=O) groups excluding carboxylic acids is 2. The third kappa shape index (κ3) is 3.66. The van der Waals surface area contributed by atoms with Crippen molar-refractivity contribution in [1.29, 1.82) is 0 Å². The quantitative estimate of drug-likeness (QED) is 0.648. The molecule has 0 aliphatic rings. The van der Waals surface area contributed by atoms with Gasteiger partial charge in [-0.2, -0.15) is 0 Å². The molecule has 0 saturated carbocycles. The van der Waals surface area contributed by atoms with Crippen molar-refractivity contribution in [3.63, 3.8) is 0 Å². The van der Waals surface area contributed by atoms with Crippen molar-refractivity contribution < 1.29 is 9.59 Å². The fourth-order valence-corrected chi connectivity index (χ4v) is 1.54. The number of Topliss-reactive ketones (excluding diaryl/α,β-unsaturated/α-hetero) is 1. The topological polar surface area (TPSA) is 46.2 Å². The molecule has 1 rings (SSSR count). The number of amides is 1. The SMILES string of the molecule is CC(C)NC(=O)CC(=O)c1ccccc1Cl. The minimum Gasteiger partial charge on any atom is -0.354 e. The van der Waals surface area contributed by atoms with Crippen molar-refractivity contribution in [1.82, 2.24) is 5.32 Å². The van der Waals surface area contributed by atoms with Gasteiger partial charge in [-0.05, 0) is 26.0 Å². The third-order valence-electron chi connectivity index (χ3n) is 1.95. The van der Waals surface area contributed by atoms with Gasteiger partial charge < -0.3 is 5.32 Å². The number of hydrogen-bond donors (Lipinski definition) is 1. The molecule has 0 radical (unpaired) electrons. The average Bonchev–Trinajstić information content (AvgIpc) is 2.16. The number of rotatable bonds is 4. The van der Waals surface area contributed by atoms with Gasteiger partial charge >= 0.3 is 0 Å². The summed E-state index contributed by atoms with van der Waals surface area (Å²) in [6.07, 6.45) is -0.165. The van der Waals surface area contributed by atoms with Crippen molar-refractivity contribution in [3.05, 3.63) is 34.9 Å². The van der Waals surface area contributed by atoms with E-state index in [4.69, 9.17) is 11.6 Å². The zero-order valence-corrected chi connectivity index (χ0v) is 10.0. The molecule has 4 heteroatoms. The summed E-state index contributed by atoms with van der Waals surface area (Å²) < 4.78 is 0. The van der Waals surface area contributed by atoms with Gasteiger partial charge in [-0.3, -0.25) is 9.59 Å². The molecule has 0 aliphatic heterocycles. The van der Waals surface area contributed by atoms with E-state index in [-0.39, 0.29) is 24.2 Å². The molecule has 1 aromatic carbocycles. The molecule has 1 aromatic rings. The van der Waals surface area contributed by atoms with E-state index in [1.54, 1.807) is 24.3 Å². The zero-order valence-electron chi connectivity index (χ0n) is 9.29. The molecule has 0 atom stereocenters. The second-order valence-corrected chi connectivity index (χ2v) is 4.21. The molecule has 0 aliphatic carbocycles. The van der Waals surface area contributed by atoms with Crippen LogP contribution < -0.4 is 5.32 Å². The van der Waals surface area contributed by atoms with E-state index in [1.165, 1.54) is 0 Å². The van der Waals surface area contributed by atoms with Crippen molar-refractivity contribution >= 4 is 23.3 Å². The predicted octanol–water partition coefficient (Wildman–Crippen LogP) is 2.44. The summed E-state index contributed by atoms with van der Waals surface area (Å²) in [4.78, 5) is 23.1. The monoisotopic (exact) mass is 239 g/mol. The maximum Gasteiger partial charge on any atom is 0.228 e. The van der Waals surface area contributed by atoms with E-state index in [2.05, 4.69) is 5.32 Å². The number of hydrogen-bond acceptors (Lipinski definition) is 2. The average molecular weight is 240 g/mol. The molecule has 86 valence electrons. The fraction of sp³-hybridized carbons (Fsp3) is 0.333.